The number of hydrogen-bond donors (Lipinski definition) is 1. The van der Waals surface area contributed by atoms with Gasteiger partial charge >= 0.3 is 0 Å². The number of nitrogens with one attached hydrogen (secondary N) is 1. The fraction of sp³-hybridized carbons (Fsp3) is 0.263. The van der Waals surface area contributed by atoms with Gasteiger partial charge in [0, 0.05) is 18.2 Å². The maximum atomic E-state index is 5.57. The summed E-state index contributed by atoms with van der Waals surface area (Å²) in [6.45, 7) is 5.32. The third-order valence-electron chi connectivity index (χ3n) is 3.42. The molecule has 2 aromatic carbocycles. The maximum absolute atomic E-state index is 5.57. The molecule has 2 nitrogen and oxygen atoms in total. The maximum Gasteiger partial charge on any atom is 0.148 e. The molecule has 1 N–H and O–H groups in total. The van der Waals surface area contributed by atoms with Crippen LogP contribution in [0.1, 0.15) is 29.7 Å². The van der Waals surface area contributed by atoms with Crippen molar-refractivity contribution in [2.45, 2.75) is 26.4 Å². The SMILES string of the molecule is C#CCOc1ccccc1CN[C@H](C)c1cccc(C)c1. The lowest BCUT2D eigenvalue weighted by Gasteiger charge is -2.16. The van der Waals surface area contributed by atoms with Gasteiger partial charge in [0.1, 0.15) is 12.4 Å². The average molecular weight is 279 g/mol. The molecule has 0 spiro atoms. The van der Waals surface area contributed by atoms with Gasteiger partial charge in [0.05, 0.1) is 0 Å². The Morgan fingerprint density at radius 1 is 1.19 bits per heavy atom. The number of benzene rings is 2. The summed E-state index contributed by atoms with van der Waals surface area (Å²) in [4.78, 5) is 0. The van der Waals surface area contributed by atoms with Crippen molar-refractivity contribution in [3.05, 3.63) is 65.2 Å². The molecule has 2 heteroatoms. The molecule has 0 aliphatic carbocycles. The van der Waals surface area contributed by atoms with E-state index in [0.29, 0.717) is 6.61 Å². The highest BCUT2D eigenvalue weighted by Crippen LogP contribution is 2.20. The number of aryl methyl sites for hydroxylation is 1. The number of terminal acetylenes is 1. The van der Waals surface area contributed by atoms with Crippen molar-refractivity contribution in [3.8, 4) is 18.1 Å². The lowest BCUT2D eigenvalue weighted by Crippen LogP contribution is -2.18. The molecule has 21 heavy (non-hydrogen) atoms. The normalized spacial score (nSPS) is 11.7. The van der Waals surface area contributed by atoms with Crippen LogP contribution in [0.4, 0.5) is 0 Å². The Kier molecular flexibility index (Phi) is 5.43. The van der Waals surface area contributed by atoms with Crippen LogP contribution in [0.5, 0.6) is 5.75 Å². The molecule has 0 aliphatic heterocycles. The number of para-hydroxylation sites is 1. The number of ether oxygens (including phenoxy) is 1. The van der Waals surface area contributed by atoms with Crippen LogP contribution in [0.3, 0.4) is 0 Å². The van der Waals surface area contributed by atoms with Gasteiger partial charge in [-0.25, -0.2) is 0 Å². The largest absolute Gasteiger partial charge is 0.481 e. The summed E-state index contributed by atoms with van der Waals surface area (Å²) in [5.41, 5.74) is 3.68. The molecule has 2 aromatic rings. The quantitative estimate of drug-likeness (QED) is 0.811. The first-order chi connectivity index (χ1) is 10.2. The molecule has 0 amide bonds. The number of rotatable bonds is 6. The molecule has 0 heterocycles. The van der Waals surface area contributed by atoms with Crippen molar-refractivity contribution in [1.29, 1.82) is 0 Å². The molecule has 1 atom stereocenters. The zero-order valence-electron chi connectivity index (χ0n) is 12.6. The van der Waals surface area contributed by atoms with E-state index in [1.807, 2.05) is 18.2 Å². The molecular formula is C19H21NO. The second-order valence-electron chi connectivity index (χ2n) is 5.12. The fourth-order valence-corrected chi connectivity index (χ4v) is 2.23. The van der Waals surface area contributed by atoms with E-state index in [1.54, 1.807) is 0 Å². The van der Waals surface area contributed by atoms with E-state index in [4.69, 9.17) is 11.2 Å². The lowest BCUT2D eigenvalue weighted by atomic mass is 10.1. The Morgan fingerprint density at radius 3 is 2.76 bits per heavy atom. The summed E-state index contributed by atoms with van der Waals surface area (Å²) in [5.74, 6) is 3.34. The molecule has 0 aliphatic rings. The van der Waals surface area contributed by atoms with Crippen LogP contribution in [0.25, 0.3) is 0 Å². The van der Waals surface area contributed by atoms with Gasteiger partial charge in [-0.05, 0) is 25.5 Å². The molecule has 0 saturated heterocycles. The Morgan fingerprint density at radius 2 is 2.00 bits per heavy atom. The summed E-state index contributed by atoms with van der Waals surface area (Å²) < 4.78 is 5.57. The van der Waals surface area contributed by atoms with Gasteiger partial charge in [0.25, 0.3) is 0 Å². The van der Waals surface area contributed by atoms with Gasteiger partial charge in [0.15, 0.2) is 0 Å². The monoisotopic (exact) mass is 279 g/mol. The third kappa shape index (κ3) is 4.37. The predicted octanol–water partition coefficient (Wildman–Crippen LogP) is 3.86. The van der Waals surface area contributed by atoms with E-state index >= 15 is 0 Å². The molecular weight excluding hydrogens is 258 g/mol. The molecule has 0 unspecified atom stereocenters. The fourth-order valence-electron chi connectivity index (χ4n) is 2.23. The van der Waals surface area contributed by atoms with E-state index in [0.717, 1.165) is 17.9 Å². The van der Waals surface area contributed by atoms with Crippen molar-refractivity contribution < 1.29 is 4.74 Å². The number of hydrogen-bond acceptors (Lipinski definition) is 2. The first kappa shape index (κ1) is 15.2. The van der Waals surface area contributed by atoms with E-state index < -0.39 is 0 Å². The minimum Gasteiger partial charge on any atom is -0.481 e. The third-order valence-corrected chi connectivity index (χ3v) is 3.42. The molecule has 0 radical (unpaired) electrons. The molecule has 0 aromatic heterocycles. The summed E-state index contributed by atoms with van der Waals surface area (Å²) in [7, 11) is 0. The molecule has 2 rings (SSSR count). The molecule has 0 saturated carbocycles. The minimum absolute atomic E-state index is 0.283. The van der Waals surface area contributed by atoms with Crippen LogP contribution < -0.4 is 10.1 Å². The smallest absolute Gasteiger partial charge is 0.148 e. The summed E-state index contributed by atoms with van der Waals surface area (Å²) >= 11 is 0. The highest BCUT2D eigenvalue weighted by Gasteiger charge is 2.07. The van der Waals surface area contributed by atoms with E-state index in [2.05, 4.69) is 55.4 Å². The zero-order chi connectivity index (χ0) is 15.1. The van der Waals surface area contributed by atoms with Crippen LogP contribution in [0, 0.1) is 19.3 Å². The van der Waals surface area contributed by atoms with Crippen molar-refractivity contribution in [1.82, 2.24) is 5.32 Å². The van der Waals surface area contributed by atoms with Gasteiger partial charge in [-0.15, -0.1) is 6.42 Å². The van der Waals surface area contributed by atoms with Crippen LogP contribution in [-0.2, 0) is 6.54 Å². The van der Waals surface area contributed by atoms with E-state index in [-0.39, 0.29) is 6.04 Å². The zero-order valence-corrected chi connectivity index (χ0v) is 12.6. The van der Waals surface area contributed by atoms with E-state index in [1.165, 1.54) is 11.1 Å². The molecule has 0 bridgehead atoms. The van der Waals surface area contributed by atoms with Gasteiger partial charge in [0.2, 0.25) is 0 Å². The van der Waals surface area contributed by atoms with Gasteiger partial charge in [-0.3, -0.25) is 0 Å². The minimum atomic E-state index is 0.283. The van der Waals surface area contributed by atoms with Crippen LogP contribution in [0.15, 0.2) is 48.5 Å². The van der Waals surface area contributed by atoms with Crippen molar-refractivity contribution in [2.24, 2.45) is 0 Å². The highest BCUT2D eigenvalue weighted by molar-refractivity contribution is 5.34. The molecule has 0 fully saturated rings. The first-order valence-electron chi connectivity index (χ1n) is 7.15. The Hall–Kier alpha value is -2.24. The van der Waals surface area contributed by atoms with Gasteiger partial charge in [-0.2, -0.15) is 0 Å². The van der Waals surface area contributed by atoms with Gasteiger partial charge < -0.3 is 10.1 Å². The van der Waals surface area contributed by atoms with E-state index in [9.17, 15) is 0 Å². The second kappa shape index (κ2) is 7.52. The highest BCUT2D eigenvalue weighted by atomic mass is 16.5. The van der Waals surface area contributed by atoms with Crippen molar-refractivity contribution in [2.75, 3.05) is 6.61 Å². The second-order valence-corrected chi connectivity index (χ2v) is 5.12. The van der Waals surface area contributed by atoms with Crippen LogP contribution in [0.2, 0.25) is 0 Å². The Balaban J connectivity index is 2.01. The van der Waals surface area contributed by atoms with Crippen molar-refractivity contribution >= 4 is 0 Å². The predicted molar refractivity (Wildman–Crippen MR) is 87.2 cm³/mol. The lowest BCUT2D eigenvalue weighted by molar-refractivity contribution is 0.364. The standard InChI is InChI=1S/C19H21NO/c1-4-12-21-19-11-6-5-9-18(19)14-20-16(3)17-10-7-8-15(2)13-17/h1,5-11,13,16,20H,12,14H2,2-3H3/t16-/m1/s1. The summed E-state index contributed by atoms with van der Waals surface area (Å²) in [6.07, 6.45) is 5.25. The average Bonchev–Trinajstić information content (AvgIpc) is 2.51. The Bertz CT molecular complexity index is 627. The summed E-state index contributed by atoms with van der Waals surface area (Å²) in [5, 5.41) is 3.53. The summed E-state index contributed by atoms with van der Waals surface area (Å²) in [6, 6.07) is 16.8. The topological polar surface area (TPSA) is 21.3 Å². The Labute approximate surface area is 127 Å². The molecule has 108 valence electrons. The van der Waals surface area contributed by atoms with Gasteiger partial charge in [-0.1, -0.05) is 53.9 Å². The van der Waals surface area contributed by atoms with Crippen molar-refractivity contribution in [3.63, 3.8) is 0 Å². The van der Waals surface area contributed by atoms with Crippen LogP contribution in [-0.4, -0.2) is 6.61 Å². The first-order valence-corrected chi connectivity index (χ1v) is 7.15. The van der Waals surface area contributed by atoms with Crippen LogP contribution >= 0.6 is 0 Å².